The van der Waals surface area contributed by atoms with Crippen molar-refractivity contribution in [3.8, 4) is 5.75 Å². The van der Waals surface area contributed by atoms with E-state index in [1.165, 1.54) is 19.1 Å². The van der Waals surface area contributed by atoms with Crippen molar-refractivity contribution >= 4 is 23.3 Å². The Morgan fingerprint density at radius 3 is 2.61 bits per heavy atom. The van der Waals surface area contributed by atoms with Crippen molar-refractivity contribution in [1.82, 2.24) is 0 Å². The van der Waals surface area contributed by atoms with Crippen LogP contribution in [0.2, 0.25) is 0 Å². The van der Waals surface area contributed by atoms with Crippen LogP contribution >= 0.6 is 0 Å². The minimum atomic E-state index is -0.610. The number of nitro benzene ring substituents is 1. The van der Waals surface area contributed by atoms with Crippen molar-refractivity contribution in [2.45, 2.75) is 20.3 Å². The molecule has 0 bridgehead atoms. The molecule has 0 heterocycles. The van der Waals surface area contributed by atoms with Gasteiger partial charge in [-0.15, -0.1) is 0 Å². The average Bonchev–Trinajstić information content (AvgIpc) is 2.30. The molecule has 0 aliphatic rings. The van der Waals surface area contributed by atoms with Crippen molar-refractivity contribution in [2.24, 2.45) is 0 Å². The summed E-state index contributed by atoms with van der Waals surface area (Å²) in [5, 5.41) is 13.0. The number of nitro groups is 1. The van der Waals surface area contributed by atoms with Gasteiger partial charge >= 0.3 is 5.97 Å². The van der Waals surface area contributed by atoms with Gasteiger partial charge in [-0.2, -0.15) is 0 Å². The molecule has 0 aliphatic heterocycles. The van der Waals surface area contributed by atoms with Crippen LogP contribution in [0, 0.1) is 10.1 Å². The van der Waals surface area contributed by atoms with Crippen molar-refractivity contribution in [2.75, 3.05) is 5.32 Å². The standard InChI is InChI=1S/C11H12N2O5/c1-3-11(15)18-10-6-8(13(16)17)4-5-9(10)12-7(2)14/h4-6H,3H2,1-2H3,(H,12,14). The maximum Gasteiger partial charge on any atom is 0.310 e. The second kappa shape index (κ2) is 5.76. The highest BCUT2D eigenvalue weighted by Crippen LogP contribution is 2.29. The van der Waals surface area contributed by atoms with Crippen LogP contribution in [-0.2, 0) is 9.59 Å². The molecule has 0 aliphatic carbocycles. The Morgan fingerprint density at radius 2 is 2.11 bits per heavy atom. The monoisotopic (exact) mass is 252 g/mol. The van der Waals surface area contributed by atoms with Crippen LogP contribution in [0.25, 0.3) is 0 Å². The van der Waals surface area contributed by atoms with Crippen molar-refractivity contribution in [1.29, 1.82) is 0 Å². The van der Waals surface area contributed by atoms with Gasteiger partial charge in [-0.05, 0) is 6.07 Å². The first-order chi connectivity index (χ1) is 8.43. The van der Waals surface area contributed by atoms with Crippen LogP contribution in [0.5, 0.6) is 5.75 Å². The number of nitrogens with zero attached hydrogens (tertiary/aromatic N) is 1. The fourth-order valence-corrected chi connectivity index (χ4v) is 1.20. The number of nitrogens with one attached hydrogen (secondary N) is 1. The van der Waals surface area contributed by atoms with E-state index in [-0.39, 0.29) is 29.5 Å². The summed E-state index contributed by atoms with van der Waals surface area (Å²) in [5.74, 6) is -0.939. The Labute approximate surface area is 103 Å². The molecular weight excluding hydrogens is 240 g/mol. The third-order valence-corrected chi connectivity index (χ3v) is 2.00. The maximum atomic E-state index is 11.2. The lowest BCUT2D eigenvalue weighted by Gasteiger charge is -2.09. The number of rotatable bonds is 4. The molecule has 1 aromatic carbocycles. The molecule has 0 unspecified atom stereocenters. The van der Waals surface area contributed by atoms with Gasteiger partial charge in [0.1, 0.15) is 0 Å². The topological polar surface area (TPSA) is 98.5 Å². The molecule has 0 saturated carbocycles. The number of hydrogen-bond acceptors (Lipinski definition) is 5. The lowest BCUT2D eigenvalue weighted by atomic mass is 10.2. The number of carbonyl (C=O) groups excluding carboxylic acids is 2. The zero-order chi connectivity index (χ0) is 13.7. The molecule has 18 heavy (non-hydrogen) atoms. The summed E-state index contributed by atoms with van der Waals surface area (Å²) >= 11 is 0. The molecule has 0 fully saturated rings. The van der Waals surface area contributed by atoms with Crippen molar-refractivity contribution < 1.29 is 19.2 Å². The fourth-order valence-electron chi connectivity index (χ4n) is 1.20. The highest BCUT2D eigenvalue weighted by molar-refractivity contribution is 5.91. The number of amides is 1. The summed E-state index contributed by atoms with van der Waals surface area (Å²) in [6.45, 7) is 2.88. The quantitative estimate of drug-likeness (QED) is 0.381. The number of anilines is 1. The number of non-ortho nitro benzene ring substituents is 1. The number of ether oxygens (including phenoxy) is 1. The molecule has 0 aromatic heterocycles. The first-order valence-corrected chi connectivity index (χ1v) is 5.20. The maximum absolute atomic E-state index is 11.2. The molecular formula is C11H12N2O5. The fraction of sp³-hybridized carbons (Fsp3) is 0.273. The lowest BCUT2D eigenvalue weighted by molar-refractivity contribution is -0.384. The van der Waals surface area contributed by atoms with Gasteiger partial charge in [-0.3, -0.25) is 19.7 Å². The second-order valence-electron chi connectivity index (χ2n) is 3.45. The minimum absolute atomic E-state index is 0.0359. The number of esters is 1. The van der Waals surface area contributed by atoms with E-state index < -0.39 is 10.9 Å². The Hall–Kier alpha value is -2.44. The van der Waals surface area contributed by atoms with Crippen molar-refractivity contribution in [3.05, 3.63) is 28.3 Å². The molecule has 1 aromatic rings. The van der Waals surface area contributed by atoms with E-state index in [1.54, 1.807) is 6.92 Å². The number of carbonyl (C=O) groups is 2. The summed E-state index contributed by atoms with van der Waals surface area (Å²) in [5.41, 5.74) is -0.00194. The molecule has 0 atom stereocenters. The van der Waals surface area contributed by atoms with Gasteiger partial charge < -0.3 is 10.1 Å². The normalized spacial score (nSPS) is 9.67. The predicted molar refractivity (Wildman–Crippen MR) is 63.3 cm³/mol. The summed E-state index contributed by atoms with van der Waals surface area (Å²) in [6, 6.07) is 3.63. The summed E-state index contributed by atoms with van der Waals surface area (Å²) in [7, 11) is 0. The molecule has 7 heteroatoms. The van der Waals surface area contributed by atoms with E-state index in [2.05, 4.69) is 5.32 Å². The van der Waals surface area contributed by atoms with Crippen LogP contribution in [0.3, 0.4) is 0 Å². The van der Waals surface area contributed by atoms with Gasteiger partial charge in [0.25, 0.3) is 5.69 Å². The van der Waals surface area contributed by atoms with Gasteiger partial charge in [0.15, 0.2) is 5.75 Å². The largest absolute Gasteiger partial charge is 0.424 e. The van der Waals surface area contributed by atoms with Crippen LogP contribution in [0.15, 0.2) is 18.2 Å². The van der Waals surface area contributed by atoms with E-state index in [9.17, 15) is 19.7 Å². The summed E-state index contributed by atoms with van der Waals surface area (Å²) < 4.78 is 4.93. The summed E-state index contributed by atoms with van der Waals surface area (Å²) in [4.78, 5) is 32.2. The van der Waals surface area contributed by atoms with Crippen LogP contribution in [0.4, 0.5) is 11.4 Å². The first-order valence-electron chi connectivity index (χ1n) is 5.20. The Morgan fingerprint density at radius 1 is 1.44 bits per heavy atom. The number of hydrogen-bond donors (Lipinski definition) is 1. The molecule has 0 radical (unpaired) electrons. The van der Waals surface area contributed by atoms with Gasteiger partial charge in [-0.1, -0.05) is 6.92 Å². The molecule has 0 saturated heterocycles. The van der Waals surface area contributed by atoms with E-state index >= 15 is 0 Å². The Kier molecular flexibility index (Phi) is 4.36. The predicted octanol–water partition coefficient (Wildman–Crippen LogP) is 1.87. The lowest BCUT2D eigenvalue weighted by Crippen LogP contribution is -2.11. The van der Waals surface area contributed by atoms with Crippen LogP contribution in [-0.4, -0.2) is 16.8 Å². The van der Waals surface area contributed by atoms with Gasteiger partial charge in [-0.25, -0.2) is 0 Å². The van der Waals surface area contributed by atoms with Crippen LogP contribution < -0.4 is 10.1 Å². The SMILES string of the molecule is CCC(=O)Oc1cc([N+](=O)[O-])ccc1NC(C)=O. The van der Waals surface area contributed by atoms with Crippen LogP contribution in [0.1, 0.15) is 20.3 Å². The second-order valence-corrected chi connectivity index (χ2v) is 3.45. The molecule has 0 spiro atoms. The van der Waals surface area contributed by atoms with Gasteiger partial charge in [0, 0.05) is 19.4 Å². The average molecular weight is 252 g/mol. The zero-order valence-corrected chi connectivity index (χ0v) is 9.93. The third kappa shape index (κ3) is 3.55. The van der Waals surface area contributed by atoms with Gasteiger partial charge in [0.05, 0.1) is 16.7 Å². The molecule has 1 rings (SSSR count). The Bertz CT molecular complexity index is 498. The van der Waals surface area contributed by atoms with E-state index in [1.807, 2.05) is 0 Å². The van der Waals surface area contributed by atoms with E-state index in [0.29, 0.717) is 0 Å². The number of benzene rings is 1. The molecule has 1 N–H and O–H groups in total. The highest BCUT2D eigenvalue weighted by atomic mass is 16.6. The van der Waals surface area contributed by atoms with E-state index in [0.717, 1.165) is 6.07 Å². The molecule has 1 amide bonds. The third-order valence-electron chi connectivity index (χ3n) is 2.00. The molecule has 7 nitrogen and oxygen atoms in total. The van der Waals surface area contributed by atoms with Gasteiger partial charge in [0.2, 0.25) is 5.91 Å². The molecule has 96 valence electrons. The zero-order valence-electron chi connectivity index (χ0n) is 9.93. The van der Waals surface area contributed by atoms with Crippen molar-refractivity contribution in [3.63, 3.8) is 0 Å². The minimum Gasteiger partial charge on any atom is -0.424 e. The highest BCUT2D eigenvalue weighted by Gasteiger charge is 2.15. The first kappa shape index (κ1) is 13.6. The van der Waals surface area contributed by atoms with E-state index in [4.69, 9.17) is 4.74 Å². The Balaban J connectivity index is 3.12. The summed E-state index contributed by atoms with van der Waals surface area (Å²) in [6.07, 6.45) is 0.127. The smallest absolute Gasteiger partial charge is 0.310 e.